The summed E-state index contributed by atoms with van der Waals surface area (Å²) in [6.07, 6.45) is 2.30. The van der Waals surface area contributed by atoms with Crippen molar-refractivity contribution in [2.24, 2.45) is 5.92 Å². The Hall–Kier alpha value is 0.820. The second-order valence-electron chi connectivity index (χ2n) is 6.11. The van der Waals surface area contributed by atoms with Crippen LogP contribution in [0.3, 0.4) is 0 Å². The molecule has 0 aliphatic carbocycles. The Kier molecular flexibility index (Phi) is 31.0. The zero-order valence-corrected chi connectivity index (χ0v) is 20.7. The van der Waals surface area contributed by atoms with Crippen LogP contribution < -0.4 is 0 Å². The third-order valence-electron chi connectivity index (χ3n) is 3.14. The van der Waals surface area contributed by atoms with Crippen LogP contribution in [0.2, 0.25) is 0 Å². The van der Waals surface area contributed by atoms with Gasteiger partial charge in [0, 0.05) is 51.1 Å². The molecule has 3 atom stereocenters. The molecule has 0 aromatic heterocycles. The smallest absolute Gasteiger partial charge is 0.412 e. The van der Waals surface area contributed by atoms with E-state index in [1.165, 1.54) is 0 Å². The molecule has 25 heavy (non-hydrogen) atoms. The van der Waals surface area contributed by atoms with Crippen LogP contribution in [0.4, 0.5) is 0 Å². The van der Waals surface area contributed by atoms with Crippen molar-refractivity contribution in [1.82, 2.24) is 0 Å². The number of hydrogen-bond donors (Lipinski definition) is 2. The zero-order chi connectivity index (χ0) is 17.8. The molecule has 0 saturated carbocycles. The average Bonchev–Trinajstić information content (AvgIpc) is 2.46. The van der Waals surface area contributed by atoms with Crippen LogP contribution >= 0.6 is 0 Å². The van der Waals surface area contributed by atoms with Gasteiger partial charge in [-0.15, -0.1) is 0 Å². The van der Waals surface area contributed by atoms with Gasteiger partial charge in [0.05, 0.1) is 0 Å². The first kappa shape index (κ1) is 36.7. The molecular weight excluding hydrogens is 423 g/mol. The Labute approximate surface area is 174 Å². The van der Waals surface area contributed by atoms with Gasteiger partial charge < -0.3 is 34.1 Å². The fourth-order valence-corrected chi connectivity index (χ4v) is 3.29. The summed E-state index contributed by atoms with van der Waals surface area (Å²) in [5.41, 5.74) is 0. The molecule has 0 spiro atoms. The van der Waals surface area contributed by atoms with Gasteiger partial charge in [0.15, 0.2) is 0 Å². The number of hydrogen-bond acceptors (Lipinski definition) is 5. The summed E-state index contributed by atoms with van der Waals surface area (Å²) in [7, 11) is -3.50. The summed E-state index contributed by atoms with van der Waals surface area (Å²) < 4.78 is 16.7. The van der Waals surface area contributed by atoms with E-state index in [1.54, 1.807) is 0 Å². The Bertz CT molecular complexity index is 229. The van der Waals surface area contributed by atoms with Gasteiger partial charge in [-0.3, -0.25) is 0 Å². The SMILES string of the molecule is CC(C)CO.CCC(C)O[Si](O)(OC(C)CC)OC(C)CC.O.O.[Zr]. The van der Waals surface area contributed by atoms with Crippen LogP contribution in [0, 0.1) is 5.92 Å². The maximum absolute atomic E-state index is 10.4. The van der Waals surface area contributed by atoms with E-state index < -0.39 is 9.05 Å². The van der Waals surface area contributed by atoms with Crippen molar-refractivity contribution >= 4 is 9.05 Å². The van der Waals surface area contributed by atoms with E-state index in [-0.39, 0.29) is 55.5 Å². The molecule has 156 valence electrons. The molecule has 0 aromatic rings. The molecule has 6 N–H and O–H groups in total. The van der Waals surface area contributed by atoms with Crippen LogP contribution in [0.1, 0.15) is 74.7 Å². The van der Waals surface area contributed by atoms with Crippen LogP contribution in [0.15, 0.2) is 0 Å². The van der Waals surface area contributed by atoms with Crippen molar-refractivity contribution in [1.29, 1.82) is 0 Å². The fraction of sp³-hybridized carbons (Fsp3) is 1.00. The van der Waals surface area contributed by atoms with Crippen molar-refractivity contribution in [3.05, 3.63) is 0 Å². The first-order valence-electron chi connectivity index (χ1n) is 8.50. The standard InChI is InChI=1S/C12H28O4Si.C4H10O.2H2O.Zr/c1-7-10(4)14-17(13,15-11(5)8-2)16-12(6)9-3;1-4(2)3-5;;;/h10-13H,7-9H2,1-6H3;4-5H,3H2,1-2H3;2*1H2;. The summed E-state index contributed by atoms with van der Waals surface area (Å²) in [4.78, 5) is 10.4. The van der Waals surface area contributed by atoms with Gasteiger partial charge >= 0.3 is 9.05 Å². The van der Waals surface area contributed by atoms with Crippen LogP contribution in [-0.2, 0) is 39.5 Å². The molecule has 0 fully saturated rings. The second-order valence-corrected chi connectivity index (χ2v) is 7.87. The van der Waals surface area contributed by atoms with E-state index in [2.05, 4.69) is 0 Å². The van der Waals surface area contributed by atoms with Crippen molar-refractivity contribution in [2.45, 2.75) is 93.0 Å². The molecule has 0 saturated heterocycles. The molecule has 9 heteroatoms. The minimum atomic E-state index is -3.50. The topological polar surface area (TPSA) is 131 Å². The minimum absolute atomic E-state index is 0. The van der Waals surface area contributed by atoms with Crippen molar-refractivity contribution in [3.8, 4) is 0 Å². The van der Waals surface area contributed by atoms with Gasteiger partial charge in [0.1, 0.15) is 0 Å². The largest absolute Gasteiger partial charge is 0.677 e. The van der Waals surface area contributed by atoms with Gasteiger partial charge in [-0.1, -0.05) is 34.6 Å². The Morgan fingerprint density at radius 1 is 0.720 bits per heavy atom. The fourth-order valence-electron chi connectivity index (χ4n) is 1.10. The molecule has 0 aliphatic rings. The maximum atomic E-state index is 10.4. The molecule has 7 nitrogen and oxygen atoms in total. The number of rotatable bonds is 10. The Morgan fingerprint density at radius 3 is 1.04 bits per heavy atom. The van der Waals surface area contributed by atoms with Crippen molar-refractivity contribution in [3.63, 3.8) is 0 Å². The molecule has 0 amide bonds. The van der Waals surface area contributed by atoms with E-state index in [0.29, 0.717) is 12.5 Å². The van der Waals surface area contributed by atoms with E-state index in [9.17, 15) is 4.80 Å². The van der Waals surface area contributed by atoms with Crippen LogP contribution in [0.5, 0.6) is 0 Å². The number of aliphatic hydroxyl groups is 1. The molecule has 0 rings (SSSR count). The average molecular weight is 466 g/mol. The molecular formula is C16H42O7SiZr. The summed E-state index contributed by atoms with van der Waals surface area (Å²) in [5.74, 6) is 0.440. The van der Waals surface area contributed by atoms with E-state index in [0.717, 1.165) is 19.3 Å². The first-order chi connectivity index (χ1) is 10.1. The van der Waals surface area contributed by atoms with Crippen LogP contribution in [-0.4, -0.2) is 54.8 Å². The third kappa shape index (κ3) is 22.8. The van der Waals surface area contributed by atoms with Gasteiger partial charge in [0.2, 0.25) is 0 Å². The summed E-state index contributed by atoms with van der Waals surface area (Å²) in [5, 5.41) is 8.14. The van der Waals surface area contributed by atoms with E-state index in [4.69, 9.17) is 18.4 Å². The zero-order valence-electron chi connectivity index (χ0n) is 17.3. The quantitative estimate of drug-likeness (QED) is 0.475. The minimum Gasteiger partial charge on any atom is -0.412 e. The molecule has 0 heterocycles. The molecule has 0 radical (unpaired) electrons. The monoisotopic (exact) mass is 464 g/mol. The van der Waals surface area contributed by atoms with Gasteiger partial charge in [-0.05, 0) is 46.0 Å². The predicted molar refractivity (Wildman–Crippen MR) is 99.6 cm³/mol. The second kappa shape index (κ2) is 21.1. The maximum Gasteiger partial charge on any atom is 0.677 e. The van der Waals surface area contributed by atoms with Gasteiger partial charge in [0.25, 0.3) is 0 Å². The van der Waals surface area contributed by atoms with Gasteiger partial charge in [-0.25, -0.2) is 0 Å². The predicted octanol–water partition coefficient (Wildman–Crippen LogP) is 1.84. The molecule has 3 unspecified atom stereocenters. The summed E-state index contributed by atoms with van der Waals surface area (Å²) >= 11 is 0. The summed E-state index contributed by atoms with van der Waals surface area (Å²) in [6, 6.07) is 0. The normalized spacial score (nSPS) is 16.0. The van der Waals surface area contributed by atoms with Crippen LogP contribution in [0.25, 0.3) is 0 Å². The molecule has 0 aromatic carbocycles. The van der Waals surface area contributed by atoms with Crippen molar-refractivity contribution in [2.75, 3.05) is 6.61 Å². The van der Waals surface area contributed by atoms with E-state index >= 15 is 0 Å². The van der Waals surface area contributed by atoms with Gasteiger partial charge in [-0.2, -0.15) is 0 Å². The molecule has 0 aliphatic heterocycles. The van der Waals surface area contributed by atoms with E-state index in [1.807, 2.05) is 55.4 Å². The Balaban J connectivity index is -0.000000147. The Morgan fingerprint density at radius 2 is 0.920 bits per heavy atom. The molecule has 0 bridgehead atoms. The number of aliphatic hydroxyl groups excluding tert-OH is 1. The first-order valence-corrected chi connectivity index (χ1v) is 10.2. The summed E-state index contributed by atoms with van der Waals surface area (Å²) in [6.45, 7) is 16.0. The third-order valence-corrected chi connectivity index (χ3v) is 5.24. The van der Waals surface area contributed by atoms with Crippen molar-refractivity contribution < 1.29 is 60.3 Å².